The number of ketones is 1. The summed E-state index contributed by atoms with van der Waals surface area (Å²) in [7, 11) is 0. The van der Waals surface area contributed by atoms with E-state index in [0.29, 0.717) is 6.42 Å². The molecule has 1 nitrogen and oxygen atoms in total. The number of aryl methyl sites for hydroxylation is 1. The first-order valence-corrected chi connectivity index (χ1v) is 4.56. The van der Waals surface area contributed by atoms with Crippen LogP contribution in [0.4, 0.5) is 0 Å². The minimum absolute atomic E-state index is 0.261. The lowest BCUT2D eigenvalue weighted by Gasteiger charge is -2.01. The van der Waals surface area contributed by atoms with E-state index in [1.54, 1.807) is 6.08 Å². The summed E-state index contributed by atoms with van der Waals surface area (Å²) in [5.74, 6) is 0.261. The van der Waals surface area contributed by atoms with Gasteiger partial charge in [-0.25, -0.2) is 0 Å². The van der Waals surface area contributed by atoms with E-state index in [0.717, 1.165) is 6.42 Å². The Morgan fingerprint density at radius 1 is 1.23 bits per heavy atom. The highest BCUT2D eigenvalue weighted by molar-refractivity contribution is 6.01. The fraction of sp³-hybridized carbons (Fsp3) is 0.250. The van der Waals surface area contributed by atoms with Gasteiger partial charge in [0, 0.05) is 6.42 Å². The first kappa shape index (κ1) is 8.24. The monoisotopic (exact) mass is 172 g/mol. The summed E-state index contributed by atoms with van der Waals surface area (Å²) in [5, 5.41) is 0. The molecule has 66 valence electrons. The number of allylic oxidation sites excluding steroid dienone is 2. The largest absolute Gasteiger partial charge is 0.295 e. The lowest BCUT2D eigenvalue weighted by molar-refractivity contribution is -0.114. The topological polar surface area (TPSA) is 17.1 Å². The smallest absolute Gasteiger partial charge is 0.156 e. The van der Waals surface area contributed by atoms with Gasteiger partial charge in [0.2, 0.25) is 0 Å². The molecule has 0 aliphatic heterocycles. The van der Waals surface area contributed by atoms with Crippen molar-refractivity contribution >= 4 is 11.4 Å². The molecule has 1 aliphatic rings. The maximum atomic E-state index is 11.0. The van der Waals surface area contributed by atoms with Crippen molar-refractivity contribution in [3.8, 4) is 0 Å². The summed E-state index contributed by atoms with van der Waals surface area (Å²) in [5.41, 5.74) is 3.64. The highest BCUT2D eigenvalue weighted by atomic mass is 16.1. The van der Waals surface area contributed by atoms with E-state index >= 15 is 0 Å². The van der Waals surface area contributed by atoms with Crippen LogP contribution in [0.5, 0.6) is 0 Å². The van der Waals surface area contributed by atoms with Crippen LogP contribution in [0.1, 0.15) is 24.0 Å². The maximum absolute atomic E-state index is 11.0. The van der Waals surface area contributed by atoms with Crippen molar-refractivity contribution in [3.63, 3.8) is 0 Å². The van der Waals surface area contributed by atoms with Crippen LogP contribution in [0.25, 0.3) is 5.57 Å². The van der Waals surface area contributed by atoms with E-state index in [9.17, 15) is 4.79 Å². The van der Waals surface area contributed by atoms with Gasteiger partial charge in [0.25, 0.3) is 0 Å². The van der Waals surface area contributed by atoms with Crippen molar-refractivity contribution in [2.45, 2.75) is 19.8 Å². The normalized spacial score (nSPS) is 16.1. The molecule has 0 fully saturated rings. The van der Waals surface area contributed by atoms with Crippen LogP contribution in [-0.2, 0) is 4.79 Å². The molecule has 1 aliphatic carbocycles. The summed E-state index contributed by atoms with van der Waals surface area (Å²) in [6, 6.07) is 8.30. The summed E-state index contributed by atoms with van der Waals surface area (Å²) >= 11 is 0. The summed E-state index contributed by atoms with van der Waals surface area (Å²) in [4.78, 5) is 11.0. The molecule has 0 bridgehead atoms. The van der Waals surface area contributed by atoms with Crippen molar-refractivity contribution < 1.29 is 4.79 Å². The molecule has 0 spiro atoms. The second-order valence-electron chi connectivity index (χ2n) is 3.51. The van der Waals surface area contributed by atoms with Gasteiger partial charge in [-0.05, 0) is 30.6 Å². The summed E-state index contributed by atoms with van der Waals surface area (Å²) < 4.78 is 0. The van der Waals surface area contributed by atoms with Crippen LogP contribution < -0.4 is 0 Å². The zero-order chi connectivity index (χ0) is 9.26. The van der Waals surface area contributed by atoms with Crippen molar-refractivity contribution in [2.24, 2.45) is 0 Å². The van der Waals surface area contributed by atoms with Crippen LogP contribution in [0.2, 0.25) is 0 Å². The second kappa shape index (κ2) is 3.17. The number of hydrogen-bond donors (Lipinski definition) is 0. The van der Waals surface area contributed by atoms with Gasteiger partial charge in [-0.2, -0.15) is 0 Å². The number of benzene rings is 1. The van der Waals surface area contributed by atoms with Crippen LogP contribution in [-0.4, -0.2) is 5.78 Å². The van der Waals surface area contributed by atoms with E-state index < -0.39 is 0 Å². The Bertz CT molecular complexity index is 374. The van der Waals surface area contributed by atoms with E-state index in [1.165, 1.54) is 16.7 Å². The fourth-order valence-electron chi connectivity index (χ4n) is 1.67. The van der Waals surface area contributed by atoms with Gasteiger partial charge in [0.1, 0.15) is 0 Å². The molecule has 0 N–H and O–H groups in total. The second-order valence-corrected chi connectivity index (χ2v) is 3.51. The van der Waals surface area contributed by atoms with Gasteiger partial charge < -0.3 is 0 Å². The molecule has 2 rings (SSSR count). The van der Waals surface area contributed by atoms with Gasteiger partial charge in [-0.1, -0.05) is 29.8 Å². The SMILES string of the molecule is Cc1cccc(C2=CC(=O)CC2)c1. The third-order valence-electron chi connectivity index (χ3n) is 2.36. The minimum Gasteiger partial charge on any atom is -0.295 e. The molecule has 0 saturated carbocycles. The molecule has 0 amide bonds. The summed E-state index contributed by atoms with van der Waals surface area (Å²) in [6.45, 7) is 2.07. The Hall–Kier alpha value is -1.37. The zero-order valence-corrected chi connectivity index (χ0v) is 7.71. The Balaban J connectivity index is 2.36. The predicted octanol–water partition coefficient (Wildman–Crippen LogP) is 2.74. The van der Waals surface area contributed by atoms with Crippen molar-refractivity contribution in [1.82, 2.24) is 0 Å². The molecule has 0 atom stereocenters. The van der Waals surface area contributed by atoms with Crippen molar-refractivity contribution in [1.29, 1.82) is 0 Å². The predicted molar refractivity (Wildman–Crippen MR) is 53.4 cm³/mol. The van der Waals surface area contributed by atoms with E-state index in [4.69, 9.17) is 0 Å². The first-order valence-electron chi connectivity index (χ1n) is 4.56. The molecule has 0 heterocycles. The van der Waals surface area contributed by atoms with Crippen LogP contribution in [0, 0.1) is 6.92 Å². The molecular weight excluding hydrogens is 160 g/mol. The Labute approximate surface area is 78.1 Å². The maximum Gasteiger partial charge on any atom is 0.156 e. The van der Waals surface area contributed by atoms with E-state index in [2.05, 4.69) is 25.1 Å². The number of hydrogen-bond acceptors (Lipinski definition) is 1. The Kier molecular flexibility index (Phi) is 2.01. The lowest BCUT2D eigenvalue weighted by Crippen LogP contribution is -1.81. The third-order valence-corrected chi connectivity index (χ3v) is 2.36. The quantitative estimate of drug-likeness (QED) is 0.636. The molecule has 0 radical (unpaired) electrons. The number of carbonyl (C=O) groups is 1. The fourth-order valence-corrected chi connectivity index (χ4v) is 1.67. The lowest BCUT2D eigenvalue weighted by atomic mass is 10.0. The van der Waals surface area contributed by atoms with Crippen molar-refractivity contribution in [3.05, 3.63) is 41.5 Å². The van der Waals surface area contributed by atoms with Gasteiger partial charge in [-0.15, -0.1) is 0 Å². The molecule has 1 aromatic carbocycles. The average Bonchev–Trinajstić information content (AvgIpc) is 2.52. The van der Waals surface area contributed by atoms with Gasteiger partial charge in [0.05, 0.1) is 0 Å². The third kappa shape index (κ3) is 1.69. The van der Waals surface area contributed by atoms with Crippen LogP contribution in [0.3, 0.4) is 0 Å². The highest BCUT2D eigenvalue weighted by Gasteiger charge is 2.12. The van der Waals surface area contributed by atoms with Crippen LogP contribution in [0.15, 0.2) is 30.3 Å². The number of rotatable bonds is 1. The van der Waals surface area contributed by atoms with Crippen molar-refractivity contribution in [2.75, 3.05) is 0 Å². The molecule has 1 aromatic rings. The van der Waals surface area contributed by atoms with E-state index in [-0.39, 0.29) is 5.78 Å². The summed E-state index contributed by atoms with van der Waals surface area (Å²) in [6.07, 6.45) is 3.36. The Morgan fingerprint density at radius 3 is 2.69 bits per heavy atom. The standard InChI is InChI=1S/C12H12O/c1-9-3-2-4-10(7-9)11-5-6-12(13)8-11/h2-4,7-8H,5-6H2,1H3. The van der Waals surface area contributed by atoms with Gasteiger partial charge in [0.15, 0.2) is 5.78 Å². The molecule has 0 aromatic heterocycles. The Morgan fingerprint density at radius 2 is 2.08 bits per heavy atom. The molecule has 13 heavy (non-hydrogen) atoms. The van der Waals surface area contributed by atoms with Gasteiger partial charge in [-0.3, -0.25) is 4.79 Å². The van der Waals surface area contributed by atoms with Gasteiger partial charge >= 0.3 is 0 Å². The molecule has 0 saturated heterocycles. The number of carbonyl (C=O) groups excluding carboxylic acids is 1. The molecular formula is C12H12O. The molecule has 1 heteroatoms. The molecule has 0 unspecified atom stereocenters. The van der Waals surface area contributed by atoms with E-state index in [1.807, 2.05) is 6.07 Å². The highest BCUT2D eigenvalue weighted by Crippen LogP contribution is 2.25. The average molecular weight is 172 g/mol. The zero-order valence-electron chi connectivity index (χ0n) is 7.71. The first-order chi connectivity index (χ1) is 6.25. The van der Waals surface area contributed by atoms with Crippen LogP contribution >= 0.6 is 0 Å². The minimum atomic E-state index is 0.261.